The standard InChI is InChI=1S/C20H15ClN4OS/c21-15-6-8-16(9-7-15)23-19(26)11-25-10-17(22-13-25)20-24-18(12-27-20)14-4-2-1-3-5-14/h1-10,12-13H,11H2,(H,23,26). The third-order valence-electron chi connectivity index (χ3n) is 3.88. The van der Waals surface area contributed by atoms with E-state index in [2.05, 4.69) is 15.3 Å². The van der Waals surface area contributed by atoms with E-state index >= 15 is 0 Å². The summed E-state index contributed by atoms with van der Waals surface area (Å²) in [4.78, 5) is 21.2. The van der Waals surface area contributed by atoms with Gasteiger partial charge in [-0.25, -0.2) is 9.97 Å². The lowest BCUT2D eigenvalue weighted by molar-refractivity contribution is -0.116. The van der Waals surface area contributed by atoms with Crippen LogP contribution >= 0.6 is 22.9 Å². The van der Waals surface area contributed by atoms with Gasteiger partial charge in [-0.2, -0.15) is 0 Å². The number of hydrogen-bond donors (Lipinski definition) is 1. The number of carbonyl (C=O) groups excluding carboxylic acids is 1. The molecule has 0 aliphatic carbocycles. The second-order valence-corrected chi connectivity index (χ2v) is 7.18. The summed E-state index contributed by atoms with van der Waals surface area (Å²) in [6.45, 7) is 0.173. The van der Waals surface area contributed by atoms with Crippen LogP contribution in [-0.2, 0) is 11.3 Å². The molecular weight excluding hydrogens is 380 g/mol. The summed E-state index contributed by atoms with van der Waals surface area (Å²) in [5.41, 5.74) is 3.45. The zero-order valence-corrected chi connectivity index (χ0v) is 15.7. The molecular formula is C20H15ClN4OS. The largest absolute Gasteiger partial charge is 0.327 e. The fourth-order valence-corrected chi connectivity index (χ4v) is 3.50. The highest BCUT2D eigenvalue weighted by atomic mass is 35.5. The molecule has 134 valence electrons. The number of carbonyl (C=O) groups is 1. The number of hydrogen-bond acceptors (Lipinski definition) is 4. The van der Waals surface area contributed by atoms with Crippen LogP contribution in [0.15, 0.2) is 72.5 Å². The first-order valence-electron chi connectivity index (χ1n) is 8.26. The Morgan fingerprint density at radius 3 is 2.63 bits per heavy atom. The van der Waals surface area contributed by atoms with Crippen LogP contribution in [0.5, 0.6) is 0 Å². The van der Waals surface area contributed by atoms with Gasteiger partial charge in [-0.15, -0.1) is 11.3 Å². The smallest absolute Gasteiger partial charge is 0.244 e. The number of rotatable bonds is 5. The zero-order valence-electron chi connectivity index (χ0n) is 14.2. The number of aromatic nitrogens is 3. The molecule has 0 spiro atoms. The molecule has 0 fully saturated rings. The minimum absolute atomic E-state index is 0.134. The minimum Gasteiger partial charge on any atom is -0.327 e. The van der Waals surface area contributed by atoms with Crippen LogP contribution in [0.1, 0.15) is 0 Å². The van der Waals surface area contributed by atoms with Crippen LogP contribution in [0.25, 0.3) is 22.0 Å². The molecule has 2 aromatic carbocycles. The van der Waals surface area contributed by atoms with E-state index in [-0.39, 0.29) is 12.5 Å². The van der Waals surface area contributed by atoms with Crippen LogP contribution in [0, 0.1) is 0 Å². The van der Waals surface area contributed by atoms with Crippen molar-refractivity contribution in [3.05, 3.63) is 77.5 Å². The number of amides is 1. The molecule has 0 aliphatic rings. The van der Waals surface area contributed by atoms with Crippen LogP contribution < -0.4 is 5.32 Å². The molecule has 0 saturated carbocycles. The summed E-state index contributed by atoms with van der Waals surface area (Å²) < 4.78 is 1.74. The van der Waals surface area contributed by atoms with Gasteiger partial charge in [0.25, 0.3) is 0 Å². The van der Waals surface area contributed by atoms with Gasteiger partial charge in [0.15, 0.2) is 0 Å². The highest BCUT2D eigenvalue weighted by Crippen LogP contribution is 2.27. The lowest BCUT2D eigenvalue weighted by atomic mass is 10.2. The van der Waals surface area contributed by atoms with Crippen molar-refractivity contribution in [3.8, 4) is 22.0 Å². The Hall–Kier alpha value is -2.96. The first-order chi connectivity index (χ1) is 13.2. The quantitative estimate of drug-likeness (QED) is 0.520. The lowest BCUT2D eigenvalue weighted by Crippen LogP contribution is -2.17. The molecule has 0 saturated heterocycles. The van der Waals surface area contributed by atoms with Crippen molar-refractivity contribution in [2.24, 2.45) is 0 Å². The fourth-order valence-electron chi connectivity index (χ4n) is 2.59. The van der Waals surface area contributed by atoms with E-state index in [1.807, 2.05) is 41.9 Å². The first kappa shape index (κ1) is 17.5. The highest BCUT2D eigenvalue weighted by Gasteiger charge is 2.11. The predicted octanol–water partition coefficient (Wildman–Crippen LogP) is 4.97. The average Bonchev–Trinajstić information content (AvgIpc) is 3.34. The topological polar surface area (TPSA) is 59.8 Å². The molecule has 2 aromatic heterocycles. The number of benzene rings is 2. The molecule has 5 nitrogen and oxygen atoms in total. The first-order valence-corrected chi connectivity index (χ1v) is 9.52. The van der Waals surface area contributed by atoms with Crippen molar-refractivity contribution in [2.45, 2.75) is 6.54 Å². The number of nitrogens with zero attached hydrogens (tertiary/aromatic N) is 3. The SMILES string of the molecule is O=C(Cn1cnc(-c2nc(-c3ccccc3)cs2)c1)Nc1ccc(Cl)cc1. The van der Waals surface area contributed by atoms with Gasteiger partial charge in [0, 0.05) is 27.9 Å². The van der Waals surface area contributed by atoms with Crippen molar-refractivity contribution < 1.29 is 4.79 Å². The van der Waals surface area contributed by atoms with Crippen LogP contribution in [0.3, 0.4) is 0 Å². The van der Waals surface area contributed by atoms with E-state index in [0.717, 1.165) is 22.0 Å². The minimum atomic E-state index is -0.134. The van der Waals surface area contributed by atoms with Crippen LogP contribution in [0.2, 0.25) is 5.02 Å². The number of thiazole rings is 1. The Balaban J connectivity index is 1.43. The average molecular weight is 395 g/mol. The predicted molar refractivity (Wildman–Crippen MR) is 109 cm³/mol. The molecule has 0 atom stereocenters. The van der Waals surface area contributed by atoms with Gasteiger partial charge >= 0.3 is 0 Å². The Bertz CT molecular complexity index is 1060. The molecule has 0 bridgehead atoms. The second kappa shape index (κ2) is 7.73. The number of halogens is 1. The van der Waals surface area contributed by atoms with E-state index < -0.39 is 0 Å². The third kappa shape index (κ3) is 4.24. The van der Waals surface area contributed by atoms with E-state index in [9.17, 15) is 4.79 Å². The summed E-state index contributed by atoms with van der Waals surface area (Å²) >= 11 is 7.38. The van der Waals surface area contributed by atoms with Gasteiger partial charge in [0.2, 0.25) is 5.91 Å². The molecule has 1 amide bonds. The summed E-state index contributed by atoms with van der Waals surface area (Å²) in [5, 5.41) is 6.30. The Morgan fingerprint density at radius 1 is 1.07 bits per heavy atom. The van der Waals surface area contributed by atoms with Gasteiger partial charge in [0.05, 0.1) is 12.0 Å². The lowest BCUT2D eigenvalue weighted by Gasteiger charge is -2.05. The summed E-state index contributed by atoms with van der Waals surface area (Å²) in [5.74, 6) is -0.134. The molecule has 2 heterocycles. The van der Waals surface area contributed by atoms with E-state index in [0.29, 0.717) is 10.7 Å². The molecule has 1 N–H and O–H groups in total. The Kier molecular flexibility index (Phi) is 5.00. The molecule has 7 heteroatoms. The summed E-state index contributed by atoms with van der Waals surface area (Å²) in [6.07, 6.45) is 3.47. The Morgan fingerprint density at radius 2 is 1.85 bits per heavy atom. The van der Waals surface area contributed by atoms with E-state index in [1.54, 1.807) is 35.2 Å². The van der Waals surface area contributed by atoms with Gasteiger partial charge in [-0.3, -0.25) is 4.79 Å². The highest BCUT2D eigenvalue weighted by molar-refractivity contribution is 7.13. The third-order valence-corrected chi connectivity index (χ3v) is 5.00. The normalized spacial score (nSPS) is 10.7. The van der Waals surface area contributed by atoms with Gasteiger partial charge in [-0.05, 0) is 24.3 Å². The van der Waals surface area contributed by atoms with E-state index in [1.165, 1.54) is 11.3 Å². The molecule has 0 aliphatic heterocycles. The van der Waals surface area contributed by atoms with Crippen molar-refractivity contribution >= 4 is 34.5 Å². The van der Waals surface area contributed by atoms with Crippen molar-refractivity contribution in [3.63, 3.8) is 0 Å². The molecule has 0 radical (unpaired) electrons. The fraction of sp³-hybridized carbons (Fsp3) is 0.0500. The molecule has 0 unspecified atom stereocenters. The van der Waals surface area contributed by atoms with Crippen molar-refractivity contribution in [1.82, 2.24) is 14.5 Å². The Labute approximate surface area is 165 Å². The molecule has 27 heavy (non-hydrogen) atoms. The number of anilines is 1. The molecule has 4 aromatic rings. The number of nitrogens with one attached hydrogen (secondary N) is 1. The maximum absolute atomic E-state index is 12.2. The number of imidazole rings is 1. The van der Waals surface area contributed by atoms with E-state index in [4.69, 9.17) is 11.6 Å². The second-order valence-electron chi connectivity index (χ2n) is 5.89. The summed E-state index contributed by atoms with van der Waals surface area (Å²) in [6, 6.07) is 17.0. The van der Waals surface area contributed by atoms with Crippen molar-refractivity contribution in [1.29, 1.82) is 0 Å². The maximum Gasteiger partial charge on any atom is 0.244 e. The van der Waals surface area contributed by atoms with Gasteiger partial charge < -0.3 is 9.88 Å². The van der Waals surface area contributed by atoms with Crippen molar-refractivity contribution in [2.75, 3.05) is 5.32 Å². The van der Waals surface area contributed by atoms with Crippen LogP contribution in [-0.4, -0.2) is 20.4 Å². The van der Waals surface area contributed by atoms with Gasteiger partial charge in [-0.1, -0.05) is 41.9 Å². The molecule has 4 rings (SSSR count). The summed E-state index contributed by atoms with van der Waals surface area (Å²) in [7, 11) is 0. The monoisotopic (exact) mass is 394 g/mol. The van der Waals surface area contributed by atoms with Crippen LogP contribution in [0.4, 0.5) is 5.69 Å². The zero-order chi connectivity index (χ0) is 18.6. The van der Waals surface area contributed by atoms with Gasteiger partial charge in [0.1, 0.15) is 17.2 Å². The maximum atomic E-state index is 12.2.